The van der Waals surface area contributed by atoms with Gasteiger partial charge in [-0.15, -0.1) is 0 Å². The number of thiazole rings is 1. The van der Waals surface area contributed by atoms with E-state index >= 15 is 0 Å². The van der Waals surface area contributed by atoms with Crippen molar-refractivity contribution in [2.24, 2.45) is 0 Å². The number of nitrogens with zero attached hydrogens (tertiary/aromatic N) is 4. The fraction of sp³-hybridized carbons (Fsp3) is 0.316. The zero-order valence-corrected chi connectivity index (χ0v) is 16.6. The molecule has 1 fully saturated rings. The van der Waals surface area contributed by atoms with Gasteiger partial charge in [0.15, 0.2) is 16.8 Å². The SMILES string of the molecule is O=C(Nc1nc2cc(F)ccc2s1)N1CCN(c2ncc(C(O)CO)cc2F)CC1. The molecule has 4 rings (SSSR count). The quantitative estimate of drug-likeness (QED) is 0.582. The van der Waals surface area contributed by atoms with Gasteiger partial charge in [-0.25, -0.2) is 23.5 Å². The molecule has 1 aliphatic rings. The summed E-state index contributed by atoms with van der Waals surface area (Å²) in [7, 11) is 0. The number of amides is 2. The predicted molar refractivity (Wildman–Crippen MR) is 109 cm³/mol. The van der Waals surface area contributed by atoms with Crippen LogP contribution in [0.15, 0.2) is 30.5 Å². The van der Waals surface area contributed by atoms with Crippen LogP contribution in [0.5, 0.6) is 0 Å². The molecule has 0 saturated carbocycles. The minimum absolute atomic E-state index is 0.136. The van der Waals surface area contributed by atoms with Crippen molar-refractivity contribution in [3.63, 3.8) is 0 Å². The lowest BCUT2D eigenvalue weighted by Gasteiger charge is -2.35. The van der Waals surface area contributed by atoms with Crippen molar-refractivity contribution in [2.75, 3.05) is 43.0 Å². The number of benzene rings is 1. The summed E-state index contributed by atoms with van der Waals surface area (Å²) in [4.78, 5) is 24.1. The van der Waals surface area contributed by atoms with Crippen molar-refractivity contribution < 1.29 is 23.8 Å². The van der Waals surface area contributed by atoms with Crippen molar-refractivity contribution in [1.29, 1.82) is 0 Å². The molecule has 2 aromatic heterocycles. The van der Waals surface area contributed by atoms with Gasteiger partial charge in [-0.2, -0.15) is 0 Å². The van der Waals surface area contributed by atoms with Crippen LogP contribution in [-0.2, 0) is 0 Å². The largest absolute Gasteiger partial charge is 0.393 e. The molecule has 30 heavy (non-hydrogen) atoms. The average molecular weight is 435 g/mol. The number of piperazine rings is 1. The second-order valence-corrected chi connectivity index (χ2v) is 7.84. The molecule has 8 nitrogen and oxygen atoms in total. The number of rotatable bonds is 4. The van der Waals surface area contributed by atoms with Gasteiger partial charge in [0.25, 0.3) is 0 Å². The van der Waals surface area contributed by atoms with Crippen LogP contribution in [-0.4, -0.2) is 63.9 Å². The Kier molecular flexibility index (Phi) is 5.75. The number of pyridine rings is 1. The molecule has 3 heterocycles. The number of aliphatic hydroxyl groups is 2. The van der Waals surface area contributed by atoms with E-state index < -0.39 is 18.5 Å². The molecule has 1 atom stereocenters. The number of fused-ring (bicyclic) bond motifs is 1. The Hall–Kier alpha value is -2.89. The molecular formula is C19H19F2N5O3S. The lowest BCUT2D eigenvalue weighted by atomic mass is 10.1. The Morgan fingerprint density at radius 3 is 2.70 bits per heavy atom. The predicted octanol–water partition coefficient (Wildman–Crippen LogP) is 2.35. The molecule has 0 spiro atoms. The third kappa shape index (κ3) is 4.18. The van der Waals surface area contributed by atoms with Crippen molar-refractivity contribution in [1.82, 2.24) is 14.9 Å². The molecule has 3 aromatic rings. The van der Waals surface area contributed by atoms with Gasteiger partial charge in [-0.3, -0.25) is 5.32 Å². The summed E-state index contributed by atoms with van der Waals surface area (Å²) in [5, 5.41) is 21.7. The number of hydrogen-bond acceptors (Lipinski definition) is 7. The number of urea groups is 1. The van der Waals surface area contributed by atoms with E-state index in [4.69, 9.17) is 5.11 Å². The summed E-state index contributed by atoms with van der Waals surface area (Å²) in [6.45, 7) is 0.952. The number of halogens is 2. The summed E-state index contributed by atoms with van der Waals surface area (Å²) in [6, 6.07) is 5.09. The van der Waals surface area contributed by atoms with E-state index in [2.05, 4.69) is 15.3 Å². The van der Waals surface area contributed by atoms with Crippen LogP contribution in [0.3, 0.4) is 0 Å². The monoisotopic (exact) mass is 435 g/mol. The second-order valence-electron chi connectivity index (χ2n) is 6.81. The van der Waals surface area contributed by atoms with Crippen molar-refractivity contribution >= 4 is 38.5 Å². The number of hydrogen-bond donors (Lipinski definition) is 3. The Balaban J connectivity index is 1.37. The molecule has 0 bridgehead atoms. The highest BCUT2D eigenvalue weighted by Gasteiger charge is 2.25. The number of anilines is 2. The van der Waals surface area contributed by atoms with Crippen molar-refractivity contribution in [2.45, 2.75) is 6.10 Å². The molecule has 1 saturated heterocycles. The first kappa shape index (κ1) is 20.4. The van der Waals surface area contributed by atoms with Gasteiger partial charge in [-0.1, -0.05) is 11.3 Å². The van der Waals surface area contributed by atoms with Gasteiger partial charge in [0, 0.05) is 44.0 Å². The van der Waals surface area contributed by atoms with Gasteiger partial charge in [0.05, 0.1) is 16.8 Å². The molecule has 3 N–H and O–H groups in total. The molecule has 158 valence electrons. The summed E-state index contributed by atoms with van der Waals surface area (Å²) in [6.07, 6.45) is 0.148. The maximum atomic E-state index is 14.4. The van der Waals surface area contributed by atoms with Gasteiger partial charge in [-0.05, 0) is 18.2 Å². The second kappa shape index (κ2) is 8.46. The molecule has 11 heteroatoms. The van der Waals surface area contributed by atoms with Crippen LogP contribution in [0.1, 0.15) is 11.7 Å². The number of carbonyl (C=O) groups is 1. The maximum Gasteiger partial charge on any atom is 0.323 e. The zero-order valence-electron chi connectivity index (χ0n) is 15.8. The van der Waals surface area contributed by atoms with E-state index in [-0.39, 0.29) is 23.2 Å². The van der Waals surface area contributed by atoms with Crippen LogP contribution in [0.25, 0.3) is 10.2 Å². The first-order chi connectivity index (χ1) is 14.4. The van der Waals surface area contributed by atoms with E-state index in [0.717, 1.165) is 10.8 Å². The topological polar surface area (TPSA) is 102 Å². The van der Waals surface area contributed by atoms with E-state index in [9.17, 15) is 18.7 Å². The summed E-state index contributed by atoms with van der Waals surface area (Å²) < 4.78 is 28.4. The van der Waals surface area contributed by atoms with Gasteiger partial charge in [0.2, 0.25) is 0 Å². The molecular weight excluding hydrogens is 416 g/mol. The molecule has 1 aromatic carbocycles. The smallest absolute Gasteiger partial charge is 0.323 e. The minimum Gasteiger partial charge on any atom is -0.393 e. The minimum atomic E-state index is -1.18. The Morgan fingerprint density at radius 2 is 2.00 bits per heavy atom. The molecule has 0 aliphatic carbocycles. The van der Waals surface area contributed by atoms with E-state index in [1.54, 1.807) is 15.9 Å². The summed E-state index contributed by atoms with van der Waals surface area (Å²) in [5.74, 6) is -0.849. The number of aliphatic hydroxyl groups excluding tert-OH is 2. The summed E-state index contributed by atoms with van der Waals surface area (Å²) >= 11 is 1.26. The Morgan fingerprint density at radius 1 is 1.23 bits per heavy atom. The normalized spacial score (nSPS) is 15.5. The van der Waals surface area contributed by atoms with Gasteiger partial charge < -0.3 is 20.0 Å². The number of nitrogens with one attached hydrogen (secondary N) is 1. The third-order valence-electron chi connectivity index (χ3n) is 4.83. The fourth-order valence-corrected chi connectivity index (χ4v) is 4.05. The lowest BCUT2D eigenvalue weighted by Crippen LogP contribution is -2.50. The standard InChI is InChI=1S/C19H19F2N5O3S/c20-12-1-2-16-14(8-12)23-18(30-16)24-19(29)26-5-3-25(4-6-26)17-13(21)7-11(9-22-17)15(28)10-27/h1-2,7-9,15,27-28H,3-6,10H2,(H,23,24,29). The van der Waals surface area contributed by atoms with Crippen LogP contribution in [0.4, 0.5) is 24.5 Å². The Labute approximate surface area is 174 Å². The third-order valence-corrected chi connectivity index (χ3v) is 5.78. The first-order valence-electron chi connectivity index (χ1n) is 9.26. The van der Waals surface area contributed by atoms with Crippen LogP contribution in [0.2, 0.25) is 0 Å². The van der Waals surface area contributed by atoms with Crippen molar-refractivity contribution in [3.8, 4) is 0 Å². The van der Waals surface area contributed by atoms with Gasteiger partial charge in [0.1, 0.15) is 11.9 Å². The average Bonchev–Trinajstić information content (AvgIpc) is 3.14. The highest BCUT2D eigenvalue weighted by Crippen LogP contribution is 2.27. The van der Waals surface area contributed by atoms with Crippen LogP contribution in [0, 0.1) is 11.6 Å². The highest BCUT2D eigenvalue weighted by molar-refractivity contribution is 7.22. The van der Waals surface area contributed by atoms with Gasteiger partial charge >= 0.3 is 6.03 Å². The van der Waals surface area contributed by atoms with Crippen LogP contribution >= 0.6 is 11.3 Å². The number of carbonyl (C=O) groups excluding carboxylic acids is 1. The van der Waals surface area contributed by atoms with E-state index in [0.29, 0.717) is 36.8 Å². The molecule has 2 amide bonds. The Bertz CT molecular complexity index is 1070. The molecule has 1 unspecified atom stereocenters. The van der Waals surface area contributed by atoms with E-state index in [1.807, 2.05) is 0 Å². The highest BCUT2D eigenvalue weighted by atomic mass is 32.1. The maximum absolute atomic E-state index is 14.4. The molecule has 1 aliphatic heterocycles. The summed E-state index contributed by atoms with van der Waals surface area (Å²) in [5.41, 5.74) is 0.684. The van der Waals surface area contributed by atoms with E-state index in [1.165, 1.54) is 29.7 Å². The first-order valence-corrected chi connectivity index (χ1v) is 10.1. The lowest BCUT2D eigenvalue weighted by molar-refractivity contribution is 0.0951. The van der Waals surface area contributed by atoms with Crippen molar-refractivity contribution in [3.05, 3.63) is 47.7 Å². The molecule has 0 radical (unpaired) electrons. The fourth-order valence-electron chi connectivity index (χ4n) is 3.21. The zero-order chi connectivity index (χ0) is 21.3. The van der Waals surface area contributed by atoms with Crippen LogP contribution < -0.4 is 10.2 Å². The number of aromatic nitrogens is 2.